The summed E-state index contributed by atoms with van der Waals surface area (Å²) in [5, 5.41) is 4.29. The van der Waals surface area contributed by atoms with Crippen molar-refractivity contribution in [2.45, 2.75) is 19.4 Å². The zero-order valence-electron chi connectivity index (χ0n) is 16.4. The molecule has 0 radical (unpaired) electrons. The molecule has 29 heavy (non-hydrogen) atoms. The summed E-state index contributed by atoms with van der Waals surface area (Å²) >= 11 is 11.7. The summed E-state index contributed by atoms with van der Waals surface area (Å²) in [6, 6.07) is 14.8. The minimum atomic E-state index is -0.109. The van der Waals surface area contributed by atoms with Gasteiger partial charge in [-0.1, -0.05) is 23.2 Å². The third-order valence-corrected chi connectivity index (χ3v) is 5.50. The van der Waals surface area contributed by atoms with Crippen LogP contribution in [0, 0.1) is 5.92 Å². The molecule has 0 aliphatic carbocycles. The second-order valence-corrected chi connectivity index (χ2v) is 8.18. The Morgan fingerprint density at radius 2 is 1.59 bits per heavy atom. The molecule has 0 spiro atoms. The van der Waals surface area contributed by atoms with E-state index in [2.05, 4.69) is 17.1 Å². The van der Waals surface area contributed by atoms with Gasteiger partial charge in [-0.2, -0.15) is 0 Å². The molecule has 1 fully saturated rings. The highest BCUT2D eigenvalue weighted by Gasteiger charge is 2.30. The van der Waals surface area contributed by atoms with E-state index in [9.17, 15) is 4.79 Å². The molecule has 7 heteroatoms. The topological polar surface area (TPSA) is 50.8 Å². The zero-order chi connectivity index (χ0) is 20.6. The summed E-state index contributed by atoms with van der Waals surface area (Å²) in [6.07, 6.45) is 0.955. The van der Waals surface area contributed by atoms with E-state index in [1.54, 1.807) is 24.3 Å². The molecule has 0 aromatic heterocycles. The van der Waals surface area contributed by atoms with E-state index in [4.69, 9.17) is 32.7 Å². The van der Waals surface area contributed by atoms with E-state index in [-0.39, 0.29) is 12.5 Å². The fraction of sp³-hybridized carbons (Fsp3) is 0.409. The molecule has 1 aliphatic heterocycles. The normalized spacial score (nSPS) is 15.4. The van der Waals surface area contributed by atoms with Crippen LogP contribution in [0.3, 0.4) is 0 Å². The maximum absolute atomic E-state index is 11.9. The highest BCUT2D eigenvalue weighted by Crippen LogP contribution is 2.21. The summed E-state index contributed by atoms with van der Waals surface area (Å²) in [6.45, 7) is 5.54. The molecule has 3 rings (SSSR count). The molecule has 1 N–H and O–H groups in total. The van der Waals surface area contributed by atoms with Crippen LogP contribution in [-0.4, -0.2) is 49.7 Å². The first-order valence-electron chi connectivity index (χ1n) is 9.77. The number of nitrogens with zero attached hydrogens (tertiary/aromatic N) is 1. The van der Waals surface area contributed by atoms with E-state index < -0.39 is 0 Å². The van der Waals surface area contributed by atoms with E-state index in [1.807, 2.05) is 24.3 Å². The predicted molar refractivity (Wildman–Crippen MR) is 116 cm³/mol. The number of ether oxygens (including phenoxy) is 2. The Bertz CT molecular complexity index is 778. The van der Waals surface area contributed by atoms with Crippen LogP contribution in [0.2, 0.25) is 10.0 Å². The second kappa shape index (κ2) is 10.7. The number of likely N-dealkylation sites (tertiary alicyclic amines) is 1. The van der Waals surface area contributed by atoms with Gasteiger partial charge in [-0.25, -0.2) is 0 Å². The fourth-order valence-corrected chi connectivity index (χ4v) is 3.40. The largest absolute Gasteiger partial charge is 0.494 e. The smallest absolute Gasteiger partial charge is 0.257 e. The van der Waals surface area contributed by atoms with E-state index in [0.29, 0.717) is 40.9 Å². The average Bonchev–Trinajstić information content (AvgIpc) is 2.68. The molecule has 1 heterocycles. The maximum atomic E-state index is 11.9. The number of halogens is 2. The Morgan fingerprint density at radius 1 is 1.03 bits per heavy atom. The molecular formula is C22H26Cl2N2O3. The van der Waals surface area contributed by atoms with Crippen LogP contribution < -0.4 is 14.8 Å². The minimum Gasteiger partial charge on any atom is -0.494 e. The molecule has 1 atom stereocenters. The van der Waals surface area contributed by atoms with Crippen molar-refractivity contribution in [3.63, 3.8) is 0 Å². The molecule has 2 aromatic carbocycles. The lowest BCUT2D eigenvalue weighted by atomic mass is 9.97. The minimum absolute atomic E-state index is 0.0104. The van der Waals surface area contributed by atoms with Crippen molar-refractivity contribution in [1.82, 2.24) is 10.2 Å². The lowest BCUT2D eigenvalue weighted by Gasteiger charge is -2.43. The number of carbonyl (C=O) groups is 1. The van der Waals surface area contributed by atoms with Gasteiger partial charge in [-0.3, -0.25) is 9.69 Å². The molecule has 1 amide bonds. The summed E-state index contributed by atoms with van der Waals surface area (Å²) in [4.78, 5) is 14.3. The Kier molecular flexibility index (Phi) is 8.04. The number of hydrogen-bond acceptors (Lipinski definition) is 4. The van der Waals surface area contributed by atoms with Crippen molar-refractivity contribution in [1.29, 1.82) is 0 Å². The van der Waals surface area contributed by atoms with Gasteiger partial charge in [0.25, 0.3) is 5.91 Å². The van der Waals surface area contributed by atoms with Crippen molar-refractivity contribution >= 4 is 29.1 Å². The van der Waals surface area contributed by atoms with Crippen LogP contribution in [0.5, 0.6) is 11.5 Å². The SMILES string of the molecule is CC(CCOc1ccc(Cl)cc1)N1CC(CNC(=O)COc2ccc(Cl)cc2)C1. The summed E-state index contributed by atoms with van der Waals surface area (Å²) in [7, 11) is 0. The number of rotatable bonds is 10. The molecule has 1 saturated heterocycles. The van der Waals surface area contributed by atoms with E-state index in [0.717, 1.165) is 25.3 Å². The van der Waals surface area contributed by atoms with Crippen LogP contribution in [-0.2, 0) is 4.79 Å². The zero-order valence-corrected chi connectivity index (χ0v) is 18.0. The molecule has 156 valence electrons. The van der Waals surface area contributed by atoms with Crippen molar-refractivity contribution in [2.75, 3.05) is 32.8 Å². The standard InChI is InChI=1S/C22H26Cl2N2O3/c1-16(10-11-28-20-6-2-18(23)3-7-20)26-13-17(14-26)12-25-22(27)15-29-21-8-4-19(24)5-9-21/h2-9,16-17H,10-15H2,1H3,(H,25,27). The van der Waals surface area contributed by atoms with Gasteiger partial charge in [-0.15, -0.1) is 0 Å². The third-order valence-electron chi connectivity index (χ3n) is 5.00. The van der Waals surface area contributed by atoms with Crippen LogP contribution >= 0.6 is 23.2 Å². The maximum Gasteiger partial charge on any atom is 0.257 e. The summed E-state index contributed by atoms with van der Waals surface area (Å²) in [5.74, 6) is 1.84. The highest BCUT2D eigenvalue weighted by atomic mass is 35.5. The number of carbonyl (C=O) groups excluding carboxylic acids is 1. The quantitative estimate of drug-likeness (QED) is 0.603. The van der Waals surface area contributed by atoms with Gasteiger partial charge in [0, 0.05) is 41.6 Å². The van der Waals surface area contributed by atoms with Crippen LogP contribution in [0.4, 0.5) is 0 Å². The Labute approximate surface area is 181 Å². The van der Waals surface area contributed by atoms with Crippen LogP contribution in [0.1, 0.15) is 13.3 Å². The molecule has 1 unspecified atom stereocenters. The lowest BCUT2D eigenvalue weighted by molar-refractivity contribution is -0.123. The molecule has 2 aromatic rings. The number of hydrogen-bond donors (Lipinski definition) is 1. The highest BCUT2D eigenvalue weighted by molar-refractivity contribution is 6.30. The number of nitrogens with one attached hydrogen (secondary N) is 1. The predicted octanol–water partition coefficient (Wildman–Crippen LogP) is 4.28. The van der Waals surface area contributed by atoms with Gasteiger partial charge >= 0.3 is 0 Å². The first kappa shape index (κ1) is 21.8. The van der Waals surface area contributed by atoms with Gasteiger partial charge in [0.15, 0.2) is 6.61 Å². The first-order chi connectivity index (χ1) is 14.0. The Morgan fingerprint density at radius 3 is 2.17 bits per heavy atom. The fourth-order valence-electron chi connectivity index (χ4n) is 3.15. The molecule has 5 nitrogen and oxygen atoms in total. The van der Waals surface area contributed by atoms with Crippen LogP contribution in [0.25, 0.3) is 0 Å². The number of benzene rings is 2. The summed E-state index contributed by atoms with van der Waals surface area (Å²) in [5.41, 5.74) is 0. The molecule has 0 saturated carbocycles. The van der Waals surface area contributed by atoms with Crippen LogP contribution in [0.15, 0.2) is 48.5 Å². The van der Waals surface area contributed by atoms with E-state index >= 15 is 0 Å². The van der Waals surface area contributed by atoms with Gasteiger partial charge in [-0.05, 0) is 61.9 Å². The van der Waals surface area contributed by atoms with Crippen molar-refractivity contribution in [3.05, 3.63) is 58.6 Å². The van der Waals surface area contributed by atoms with Crippen molar-refractivity contribution in [3.8, 4) is 11.5 Å². The van der Waals surface area contributed by atoms with Crippen molar-refractivity contribution < 1.29 is 14.3 Å². The van der Waals surface area contributed by atoms with E-state index in [1.165, 1.54) is 0 Å². The number of amides is 1. The molecule has 1 aliphatic rings. The molecule has 0 bridgehead atoms. The monoisotopic (exact) mass is 436 g/mol. The third kappa shape index (κ3) is 7.11. The van der Waals surface area contributed by atoms with Crippen molar-refractivity contribution in [2.24, 2.45) is 5.92 Å². The van der Waals surface area contributed by atoms with Gasteiger partial charge in [0.05, 0.1) is 6.61 Å². The molecular weight excluding hydrogens is 411 g/mol. The first-order valence-corrected chi connectivity index (χ1v) is 10.5. The Hall–Kier alpha value is -1.95. The van der Waals surface area contributed by atoms with Gasteiger partial charge in [0.1, 0.15) is 11.5 Å². The lowest BCUT2D eigenvalue weighted by Crippen LogP contribution is -2.55. The summed E-state index contributed by atoms with van der Waals surface area (Å²) < 4.78 is 11.2. The Balaban J connectivity index is 1.25. The average molecular weight is 437 g/mol. The van der Waals surface area contributed by atoms with Gasteiger partial charge in [0.2, 0.25) is 0 Å². The van der Waals surface area contributed by atoms with Gasteiger partial charge < -0.3 is 14.8 Å². The second-order valence-electron chi connectivity index (χ2n) is 7.31.